The molecule has 1 amide bonds. The van der Waals surface area contributed by atoms with E-state index in [2.05, 4.69) is 34.3 Å². The van der Waals surface area contributed by atoms with E-state index < -0.39 is 0 Å². The van der Waals surface area contributed by atoms with Crippen molar-refractivity contribution >= 4 is 35.1 Å². The fourth-order valence-corrected chi connectivity index (χ4v) is 4.98. The number of nitrogens with one attached hydrogen (secondary N) is 2. The lowest BCUT2D eigenvalue weighted by molar-refractivity contribution is -0.384. The van der Waals surface area contributed by atoms with Crippen LogP contribution in [0.5, 0.6) is 0 Å². The molecule has 2 aromatic carbocycles. The number of thioether (sulfide) groups is 1. The molecule has 0 unspecified atom stereocenters. The maximum atomic E-state index is 12.6. The summed E-state index contributed by atoms with van der Waals surface area (Å²) in [4.78, 5) is 23.9. The highest BCUT2D eigenvalue weighted by molar-refractivity contribution is 8.05. The van der Waals surface area contributed by atoms with Crippen LogP contribution in [-0.2, 0) is 11.2 Å². The van der Waals surface area contributed by atoms with Crippen molar-refractivity contribution in [1.82, 2.24) is 9.88 Å². The summed E-state index contributed by atoms with van der Waals surface area (Å²) in [6.07, 6.45) is 2.89. The highest BCUT2D eigenvalue weighted by Crippen LogP contribution is 2.33. The van der Waals surface area contributed by atoms with E-state index in [0.717, 1.165) is 40.3 Å². The number of nitrogens with zero attached hydrogens (tertiary/aromatic N) is 2. The lowest BCUT2D eigenvalue weighted by Crippen LogP contribution is -2.30. The SMILES string of the molecule is CCc1ccc(N[C@@H]2NC(=O)/C(=C/c3cc(C)n(-c4ccc([N+](=O)[O-])cc4C)c3C)S2)cc1. The first-order valence-corrected chi connectivity index (χ1v) is 11.6. The van der Waals surface area contributed by atoms with Crippen molar-refractivity contribution in [2.45, 2.75) is 39.6 Å². The molecule has 0 saturated carbocycles. The molecule has 0 spiro atoms. The molecular weight excluding hydrogens is 436 g/mol. The molecule has 4 rings (SSSR count). The van der Waals surface area contributed by atoms with E-state index in [4.69, 9.17) is 0 Å². The predicted molar refractivity (Wildman–Crippen MR) is 134 cm³/mol. The first-order valence-electron chi connectivity index (χ1n) is 10.8. The van der Waals surface area contributed by atoms with Gasteiger partial charge in [0, 0.05) is 34.9 Å². The van der Waals surface area contributed by atoms with Gasteiger partial charge in [-0.1, -0.05) is 30.8 Å². The number of hydrogen-bond donors (Lipinski definition) is 2. The Balaban J connectivity index is 1.57. The molecule has 1 aliphatic rings. The minimum Gasteiger partial charge on any atom is -0.357 e. The van der Waals surface area contributed by atoms with Gasteiger partial charge in [0.15, 0.2) is 5.50 Å². The van der Waals surface area contributed by atoms with Crippen LogP contribution in [0.2, 0.25) is 0 Å². The zero-order valence-corrected chi connectivity index (χ0v) is 19.8. The largest absolute Gasteiger partial charge is 0.357 e. The number of aryl methyl sites for hydroxylation is 3. The molecule has 3 aromatic rings. The number of benzene rings is 2. The monoisotopic (exact) mass is 462 g/mol. The number of aromatic nitrogens is 1. The second-order valence-corrected chi connectivity index (χ2v) is 9.21. The first-order chi connectivity index (χ1) is 15.8. The van der Waals surface area contributed by atoms with Crippen molar-refractivity contribution in [1.29, 1.82) is 0 Å². The van der Waals surface area contributed by atoms with Crippen molar-refractivity contribution in [3.63, 3.8) is 0 Å². The van der Waals surface area contributed by atoms with Gasteiger partial charge in [-0.15, -0.1) is 0 Å². The van der Waals surface area contributed by atoms with Gasteiger partial charge >= 0.3 is 0 Å². The quantitative estimate of drug-likeness (QED) is 0.288. The number of amides is 1. The summed E-state index contributed by atoms with van der Waals surface area (Å²) in [5, 5.41) is 17.4. The molecule has 1 atom stereocenters. The zero-order chi connectivity index (χ0) is 23.7. The van der Waals surface area contributed by atoms with E-state index >= 15 is 0 Å². The molecule has 1 saturated heterocycles. The number of non-ortho nitro benzene ring substituents is 1. The van der Waals surface area contributed by atoms with Crippen LogP contribution in [0.25, 0.3) is 11.8 Å². The maximum Gasteiger partial charge on any atom is 0.269 e. The molecule has 1 aliphatic heterocycles. The van der Waals surface area contributed by atoms with Crippen molar-refractivity contribution < 1.29 is 9.72 Å². The molecule has 170 valence electrons. The average Bonchev–Trinajstić information content (AvgIpc) is 3.26. The van der Waals surface area contributed by atoms with Gasteiger partial charge < -0.3 is 15.2 Å². The second-order valence-electron chi connectivity index (χ2n) is 8.06. The van der Waals surface area contributed by atoms with Crippen molar-refractivity contribution in [3.05, 3.63) is 91.6 Å². The average molecular weight is 463 g/mol. The summed E-state index contributed by atoms with van der Waals surface area (Å²) in [6, 6.07) is 15.1. The van der Waals surface area contributed by atoms with Crippen molar-refractivity contribution in [2.75, 3.05) is 5.32 Å². The molecule has 0 radical (unpaired) electrons. The van der Waals surface area contributed by atoms with Crippen LogP contribution in [0.4, 0.5) is 11.4 Å². The van der Waals surface area contributed by atoms with Gasteiger partial charge in [-0.3, -0.25) is 14.9 Å². The number of nitro groups is 1. The standard InChI is InChI=1S/C25H26N4O3S/c1-5-18-6-8-20(9-7-18)26-25-27-24(30)23(33-25)14-19-13-16(3)28(17(19)4)22-11-10-21(29(31)32)12-15(22)2/h6-14,25-26H,5H2,1-4H3,(H,27,30)/b23-14-/t25-/m1/s1. The maximum absolute atomic E-state index is 12.6. The number of carbonyl (C=O) groups is 1. The third kappa shape index (κ3) is 4.66. The molecule has 7 nitrogen and oxygen atoms in total. The van der Waals surface area contributed by atoms with Gasteiger partial charge in [0.2, 0.25) is 0 Å². The first kappa shape index (κ1) is 22.7. The Morgan fingerprint density at radius 2 is 1.88 bits per heavy atom. The Kier molecular flexibility index (Phi) is 6.29. The van der Waals surface area contributed by atoms with Crippen LogP contribution in [0.15, 0.2) is 53.4 Å². The number of carbonyl (C=O) groups excluding carboxylic acids is 1. The molecule has 2 heterocycles. The lowest BCUT2D eigenvalue weighted by Gasteiger charge is -2.13. The third-order valence-electron chi connectivity index (χ3n) is 5.78. The molecule has 8 heteroatoms. The van der Waals surface area contributed by atoms with Crippen LogP contribution in [-0.4, -0.2) is 20.9 Å². The van der Waals surface area contributed by atoms with E-state index in [9.17, 15) is 14.9 Å². The number of rotatable bonds is 6. The lowest BCUT2D eigenvalue weighted by atomic mass is 10.1. The highest BCUT2D eigenvalue weighted by atomic mass is 32.2. The summed E-state index contributed by atoms with van der Waals surface area (Å²) in [6.45, 7) is 7.96. The van der Waals surface area contributed by atoms with Crippen LogP contribution >= 0.6 is 11.8 Å². The molecule has 1 aromatic heterocycles. The highest BCUT2D eigenvalue weighted by Gasteiger charge is 2.27. The summed E-state index contributed by atoms with van der Waals surface area (Å²) < 4.78 is 2.06. The second kappa shape index (κ2) is 9.15. The van der Waals surface area contributed by atoms with Crippen LogP contribution < -0.4 is 10.6 Å². The Morgan fingerprint density at radius 1 is 1.15 bits per heavy atom. The van der Waals surface area contributed by atoms with Gasteiger partial charge in [0.1, 0.15) is 0 Å². The Morgan fingerprint density at radius 3 is 2.52 bits per heavy atom. The van der Waals surface area contributed by atoms with E-state index in [1.807, 2.05) is 45.0 Å². The zero-order valence-electron chi connectivity index (χ0n) is 19.0. The number of anilines is 1. The van der Waals surface area contributed by atoms with E-state index in [1.54, 1.807) is 12.1 Å². The Labute approximate surface area is 197 Å². The van der Waals surface area contributed by atoms with Crippen LogP contribution in [0, 0.1) is 30.9 Å². The minimum atomic E-state index is -0.388. The van der Waals surface area contributed by atoms with E-state index in [-0.39, 0.29) is 22.0 Å². The van der Waals surface area contributed by atoms with Gasteiger partial charge in [0.05, 0.1) is 9.83 Å². The van der Waals surface area contributed by atoms with Gasteiger partial charge in [-0.05, 0) is 74.2 Å². The fraction of sp³-hybridized carbons (Fsp3) is 0.240. The third-order valence-corrected chi connectivity index (χ3v) is 6.81. The molecule has 33 heavy (non-hydrogen) atoms. The number of nitro benzene ring substituents is 1. The topological polar surface area (TPSA) is 89.2 Å². The predicted octanol–water partition coefficient (Wildman–Crippen LogP) is 5.47. The molecule has 0 aliphatic carbocycles. The summed E-state index contributed by atoms with van der Waals surface area (Å²) >= 11 is 1.45. The van der Waals surface area contributed by atoms with Crippen molar-refractivity contribution in [2.24, 2.45) is 0 Å². The molecule has 2 N–H and O–H groups in total. The van der Waals surface area contributed by atoms with Crippen molar-refractivity contribution in [3.8, 4) is 5.69 Å². The Bertz CT molecular complexity index is 1260. The fourth-order valence-electron chi connectivity index (χ4n) is 4.00. The van der Waals surface area contributed by atoms with Gasteiger partial charge in [-0.2, -0.15) is 0 Å². The smallest absolute Gasteiger partial charge is 0.269 e. The van der Waals surface area contributed by atoms with Crippen LogP contribution in [0.1, 0.15) is 35.0 Å². The summed E-state index contributed by atoms with van der Waals surface area (Å²) in [5.41, 5.74) is 6.66. The summed E-state index contributed by atoms with van der Waals surface area (Å²) in [5.74, 6) is -0.112. The summed E-state index contributed by atoms with van der Waals surface area (Å²) in [7, 11) is 0. The molecule has 0 bridgehead atoms. The Hall–Kier alpha value is -3.52. The molecule has 1 fully saturated rings. The van der Waals surface area contributed by atoms with E-state index in [0.29, 0.717) is 4.91 Å². The van der Waals surface area contributed by atoms with Gasteiger partial charge in [0.25, 0.3) is 11.6 Å². The normalized spacial score (nSPS) is 16.8. The van der Waals surface area contributed by atoms with E-state index in [1.165, 1.54) is 23.4 Å². The molecular formula is C25H26N4O3S. The van der Waals surface area contributed by atoms with Gasteiger partial charge in [-0.25, -0.2) is 0 Å². The van der Waals surface area contributed by atoms with Crippen LogP contribution in [0.3, 0.4) is 0 Å². The minimum absolute atomic E-state index is 0.0722. The number of hydrogen-bond acceptors (Lipinski definition) is 5.